The summed E-state index contributed by atoms with van der Waals surface area (Å²) < 4.78 is 10.9. The van der Waals surface area contributed by atoms with Gasteiger partial charge in [0.2, 0.25) is 5.91 Å². The number of hydrogen-bond acceptors (Lipinski definition) is 4. The molecule has 0 aromatic rings. The van der Waals surface area contributed by atoms with Crippen LogP contribution >= 0.6 is 0 Å². The van der Waals surface area contributed by atoms with Crippen molar-refractivity contribution in [3.05, 3.63) is 0 Å². The predicted molar refractivity (Wildman–Crippen MR) is 75.2 cm³/mol. The van der Waals surface area contributed by atoms with Crippen LogP contribution in [-0.4, -0.2) is 39.4 Å². The fraction of sp³-hybridized carbons (Fsp3) is 0.846. The van der Waals surface area contributed by atoms with Crippen LogP contribution in [0, 0.1) is 5.92 Å². The van der Waals surface area contributed by atoms with Gasteiger partial charge in [0.15, 0.2) is 8.32 Å². The van der Waals surface area contributed by atoms with Gasteiger partial charge in [0, 0.05) is 0 Å². The molecule has 6 heteroatoms. The first kappa shape index (κ1) is 16.2. The lowest BCUT2D eigenvalue weighted by Gasteiger charge is -2.44. The van der Waals surface area contributed by atoms with Crippen molar-refractivity contribution in [1.82, 2.24) is 5.32 Å². The smallest absolute Gasteiger partial charge is 0.329 e. The second-order valence-corrected chi connectivity index (χ2v) is 11.4. The number of carbonyl (C=O) groups excluding carboxylic acids is 2. The van der Waals surface area contributed by atoms with Crippen LogP contribution in [-0.2, 0) is 18.8 Å². The zero-order chi connectivity index (χ0) is 15.0. The Hall–Kier alpha value is -0.883. The highest BCUT2D eigenvalue weighted by Gasteiger charge is 2.50. The first-order valence-electron chi connectivity index (χ1n) is 6.57. The molecule has 1 saturated heterocycles. The fourth-order valence-electron chi connectivity index (χ4n) is 1.93. The first-order chi connectivity index (χ1) is 8.51. The Balaban J connectivity index is 2.75. The number of carbonyl (C=O) groups is 2. The first-order valence-corrected chi connectivity index (χ1v) is 9.48. The Labute approximate surface area is 116 Å². The van der Waals surface area contributed by atoms with Crippen molar-refractivity contribution in [1.29, 1.82) is 0 Å². The molecule has 1 amide bonds. The number of esters is 1. The summed E-state index contributed by atoms with van der Waals surface area (Å²) in [5.41, 5.74) is 0. The van der Waals surface area contributed by atoms with Gasteiger partial charge in [0.1, 0.15) is 6.04 Å². The van der Waals surface area contributed by atoms with Crippen molar-refractivity contribution in [3.63, 3.8) is 0 Å². The lowest BCUT2D eigenvalue weighted by atomic mass is 9.86. The molecule has 1 N–H and O–H groups in total. The summed E-state index contributed by atoms with van der Waals surface area (Å²) in [4.78, 5) is 23.2. The van der Waals surface area contributed by atoms with Crippen LogP contribution in [0.1, 0.15) is 27.7 Å². The molecule has 0 radical (unpaired) electrons. The van der Waals surface area contributed by atoms with Crippen LogP contribution in [0.15, 0.2) is 0 Å². The van der Waals surface area contributed by atoms with E-state index in [-0.39, 0.29) is 17.0 Å². The summed E-state index contributed by atoms with van der Waals surface area (Å²) in [6.45, 7) is 12.6. The molecule has 110 valence electrons. The highest BCUT2D eigenvalue weighted by atomic mass is 28.4. The van der Waals surface area contributed by atoms with Gasteiger partial charge < -0.3 is 14.5 Å². The van der Waals surface area contributed by atoms with Crippen LogP contribution in [0.5, 0.6) is 0 Å². The summed E-state index contributed by atoms with van der Waals surface area (Å²) in [5.74, 6) is -0.988. The van der Waals surface area contributed by atoms with E-state index in [4.69, 9.17) is 4.43 Å². The molecule has 19 heavy (non-hydrogen) atoms. The van der Waals surface area contributed by atoms with Gasteiger partial charge in [-0.15, -0.1) is 0 Å². The lowest BCUT2D eigenvalue weighted by molar-refractivity contribution is -0.159. The van der Waals surface area contributed by atoms with E-state index in [1.165, 1.54) is 7.11 Å². The van der Waals surface area contributed by atoms with Gasteiger partial charge in [-0.05, 0) is 25.1 Å². The van der Waals surface area contributed by atoms with Gasteiger partial charge in [0.25, 0.3) is 0 Å². The van der Waals surface area contributed by atoms with Crippen molar-refractivity contribution < 1.29 is 18.8 Å². The lowest BCUT2D eigenvalue weighted by Crippen LogP contribution is -2.66. The van der Waals surface area contributed by atoms with Gasteiger partial charge in [-0.1, -0.05) is 20.8 Å². The summed E-state index contributed by atoms with van der Waals surface area (Å²) in [5, 5.41) is 2.64. The molecule has 0 aromatic heterocycles. The van der Waals surface area contributed by atoms with E-state index in [9.17, 15) is 9.59 Å². The van der Waals surface area contributed by atoms with Gasteiger partial charge in [-0.25, -0.2) is 4.79 Å². The monoisotopic (exact) mass is 287 g/mol. The highest BCUT2D eigenvalue weighted by Crippen LogP contribution is 2.39. The Bertz CT molecular complexity index is 375. The van der Waals surface area contributed by atoms with E-state index in [2.05, 4.69) is 43.9 Å². The fourth-order valence-corrected chi connectivity index (χ4v) is 3.36. The van der Waals surface area contributed by atoms with Crippen LogP contribution in [0.2, 0.25) is 18.1 Å². The maximum Gasteiger partial charge on any atom is 0.329 e. The molecule has 0 aliphatic carbocycles. The number of methoxy groups -OCH3 is 1. The van der Waals surface area contributed by atoms with Crippen LogP contribution in [0.25, 0.3) is 0 Å². The molecular weight excluding hydrogens is 262 g/mol. The summed E-state index contributed by atoms with van der Waals surface area (Å²) in [6.07, 6.45) is -0.279. The van der Waals surface area contributed by atoms with Crippen LogP contribution < -0.4 is 5.32 Å². The van der Waals surface area contributed by atoms with Crippen molar-refractivity contribution in [2.24, 2.45) is 5.92 Å². The highest BCUT2D eigenvalue weighted by molar-refractivity contribution is 6.74. The molecule has 0 bridgehead atoms. The van der Waals surface area contributed by atoms with Gasteiger partial charge in [-0.2, -0.15) is 0 Å². The minimum atomic E-state index is -1.95. The molecule has 3 atom stereocenters. The number of β-lactam (4-membered cyclic amide) rings is 1. The normalized spacial score (nSPS) is 25.3. The van der Waals surface area contributed by atoms with E-state index in [0.717, 1.165) is 0 Å². The topological polar surface area (TPSA) is 64.6 Å². The second kappa shape index (κ2) is 5.24. The summed E-state index contributed by atoms with van der Waals surface area (Å²) >= 11 is 0. The van der Waals surface area contributed by atoms with Crippen molar-refractivity contribution in [3.8, 4) is 0 Å². The van der Waals surface area contributed by atoms with Crippen molar-refractivity contribution in [2.75, 3.05) is 7.11 Å². The third-order valence-electron chi connectivity index (χ3n) is 4.21. The van der Waals surface area contributed by atoms with Gasteiger partial charge >= 0.3 is 5.97 Å². The average molecular weight is 287 g/mol. The molecule has 1 heterocycles. The standard InChI is InChI=1S/C13H25NO4Si/c1-8(18-19(6,7)13(2,3)4)9-10(12(16)17-5)14-11(9)15/h8-10H,1-7H3,(H,14,15)/t8-,9+,10-/m1/s1. The Morgan fingerprint density at radius 3 is 2.26 bits per heavy atom. The quantitative estimate of drug-likeness (QED) is 0.485. The van der Waals surface area contributed by atoms with E-state index >= 15 is 0 Å². The zero-order valence-corrected chi connectivity index (χ0v) is 13.9. The Morgan fingerprint density at radius 2 is 1.89 bits per heavy atom. The minimum Gasteiger partial charge on any atom is -0.467 e. The van der Waals surface area contributed by atoms with E-state index in [1.54, 1.807) is 0 Å². The van der Waals surface area contributed by atoms with Gasteiger partial charge in [-0.3, -0.25) is 4.79 Å². The molecular formula is C13H25NO4Si. The molecule has 0 unspecified atom stereocenters. The Morgan fingerprint density at radius 1 is 1.37 bits per heavy atom. The molecule has 1 aliphatic rings. The van der Waals surface area contributed by atoms with E-state index < -0.39 is 26.2 Å². The molecule has 0 spiro atoms. The van der Waals surface area contributed by atoms with Crippen molar-refractivity contribution in [2.45, 2.75) is 58.0 Å². The largest absolute Gasteiger partial charge is 0.467 e. The number of ether oxygens (including phenoxy) is 1. The van der Waals surface area contributed by atoms with E-state index in [0.29, 0.717) is 0 Å². The van der Waals surface area contributed by atoms with Gasteiger partial charge in [0.05, 0.1) is 19.1 Å². The maximum atomic E-state index is 11.7. The Kier molecular flexibility index (Phi) is 4.46. The second-order valence-electron chi connectivity index (χ2n) is 6.62. The molecule has 1 aliphatic heterocycles. The van der Waals surface area contributed by atoms with Crippen molar-refractivity contribution >= 4 is 20.2 Å². The molecule has 5 nitrogen and oxygen atoms in total. The predicted octanol–water partition coefficient (Wildman–Crippen LogP) is 1.68. The van der Waals surface area contributed by atoms with E-state index in [1.807, 2.05) is 6.92 Å². The minimum absolute atomic E-state index is 0.0717. The number of rotatable bonds is 4. The average Bonchev–Trinajstić information content (AvgIpc) is 2.22. The molecule has 1 rings (SSSR count). The molecule has 1 fully saturated rings. The number of hydrogen-bond donors (Lipinski definition) is 1. The third kappa shape index (κ3) is 3.17. The third-order valence-corrected chi connectivity index (χ3v) is 8.78. The van der Waals surface area contributed by atoms with Crippen LogP contribution in [0.3, 0.4) is 0 Å². The molecule has 0 aromatic carbocycles. The number of nitrogens with one attached hydrogen (secondary N) is 1. The molecule has 0 saturated carbocycles. The summed E-state index contributed by atoms with van der Waals surface area (Å²) in [7, 11) is -0.627. The maximum absolute atomic E-state index is 11.7. The zero-order valence-electron chi connectivity index (χ0n) is 12.9. The number of amides is 1. The van der Waals surface area contributed by atoms with Crippen LogP contribution in [0.4, 0.5) is 0 Å². The SMILES string of the molecule is COC(=O)[C@@H]1NC(=O)[C@H]1[C@@H](C)O[Si](C)(C)C(C)(C)C. The summed E-state index contributed by atoms with van der Waals surface area (Å²) in [6, 6.07) is -0.572.